The van der Waals surface area contributed by atoms with E-state index in [2.05, 4.69) is 58.8 Å². The van der Waals surface area contributed by atoms with Crippen LogP contribution in [0.15, 0.2) is 22.5 Å². The van der Waals surface area contributed by atoms with Crippen molar-refractivity contribution < 1.29 is 4.74 Å². The first kappa shape index (κ1) is 19.1. The fourth-order valence-electron chi connectivity index (χ4n) is 2.75. The van der Waals surface area contributed by atoms with E-state index in [1.165, 1.54) is 5.00 Å². The fourth-order valence-corrected chi connectivity index (χ4v) is 3.53. The zero-order valence-corrected chi connectivity index (χ0v) is 16.1. The number of thiophene rings is 1. The number of hydrogen-bond acceptors (Lipinski definition) is 4. The quantitative estimate of drug-likeness (QED) is 0.429. The Morgan fingerprint density at radius 1 is 1.42 bits per heavy atom. The summed E-state index contributed by atoms with van der Waals surface area (Å²) in [7, 11) is 0. The Morgan fingerprint density at radius 3 is 2.83 bits per heavy atom. The lowest BCUT2D eigenvalue weighted by Gasteiger charge is -2.33. The van der Waals surface area contributed by atoms with Gasteiger partial charge in [-0.3, -0.25) is 4.99 Å². The highest BCUT2D eigenvalue weighted by molar-refractivity contribution is 7.14. The fraction of sp³-hybridized carbons (Fsp3) is 0.722. The summed E-state index contributed by atoms with van der Waals surface area (Å²) in [6.07, 6.45) is 2.29. The van der Waals surface area contributed by atoms with Crippen molar-refractivity contribution in [3.05, 3.63) is 17.5 Å². The number of guanidine groups is 1. The van der Waals surface area contributed by atoms with E-state index in [4.69, 9.17) is 4.74 Å². The summed E-state index contributed by atoms with van der Waals surface area (Å²) in [5.74, 6) is 1.49. The average Bonchev–Trinajstić information content (AvgIpc) is 3.09. The van der Waals surface area contributed by atoms with Crippen LogP contribution in [0.2, 0.25) is 0 Å². The maximum atomic E-state index is 5.60. The molecule has 1 saturated heterocycles. The van der Waals surface area contributed by atoms with E-state index < -0.39 is 0 Å². The molecule has 1 aliphatic rings. The Balaban J connectivity index is 1.72. The lowest BCUT2D eigenvalue weighted by atomic mass is 10.1. The van der Waals surface area contributed by atoms with Crippen molar-refractivity contribution in [2.45, 2.75) is 39.7 Å². The maximum Gasteiger partial charge on any atom is 0.191 e. The van der Waals surface area contributed by atoms with Crippen molar-refractivity contribution in [3.8, 4) is 0 Å². The highest BCUT2D eigenvalue weighted by atomic mass is 32.1. The second-order valence-corrected chi connectivity index (χ2v) is 7.51. The predicted molar refractivity (Wildman–Crippen MR) is 104 cm³/mol. The van der Waals surface area contributed by atoms with Crippen molar-refractivity contribution in [2.24, 2.45) is 10.9 Å². The second-order valence-electron chi connectivity index (χ2n) is 6.59. The number of anilines is 1. The van der Waals surface area contributed by atoms with Gasteiger partial charge in [-0.15, -0.1) is 11.3 Å². The van der Waals surface area contributed by atoms with Gasteiger partial charge in [-0.1, -0.05) is 13.8 Å². The van der Waals surface area contributed by atoms with E-state index in [0.717, 1.165) is 45.0 Å². The van der Waals surface area contributed by atoms with Gasteiger partial charge in [0.1, 0.15) is 0 Å². The minimum absolute atomic E-state index is 0.496. The predicted octanol–water partition coefficient (Wildman–Crippen LogP) is 2.94. The third-order valence-corrected chi connectivity index (χ3v) is 4.88. The standard InChI is InChI=1S/C18H32N4OS/c1-4-19-18(20-9-12-23-14-15(2)3)21-16-7-10-22(11-8-16)17-6-5-13-24-17/h5-6,13,15-16H,4,7-12,14H2,1-3H3,(H2,19,20,21). The van der Waals surface area contributed by atoms with Crippen molar-refractivity contribution in [3.63, 3.8) is 0 Å². The number of piperidine rings is 1. The van der Waals surface area contributed by atoms with Crippen molar-refractivity contribution in [1.29, 1.82) is 0 Å². The molecule has 1 aromatic rings. The van der Waals surface area contributed by atoms with Crippen LogP contribution in [0.4, 0.5) is 5.00 Å². The van der Waals surface area contributed by atoms with Crippen LogP contribution in [0.3, 0.4) is 0 Å². The molecule has 2 rings (SSSR count). The number of nitrogens with zero attached hydrogens (tertiary/aromatic N) is 2. The van der Waals surface area contributed by atoms with Gasteiger partial charge in [0, 0.05) is 32.3 Å². The molecule has 0 spiro atoms. The van der Waals surface area contributed by atoms with Crippen LogP contribution in [-0.2, 0) is 4.74 Å². The molecule has 0 bridgehead atoms. The molecular weight excluding hydrogens is 320 g/mol. The molecule has 136 valence electrons. The van der Waals surface area contributed by atoms with E-state index in [1.807, 2.05) is 11.3 Å². The molecule has 0 amide bonds. The van der Waals surface area contributed by atoms with Crippen LogP contribution in [0.5, 0.6) is 0 Å². The Labute approximate surface area is 150 Å². The third-order valence-electron chi connectivity index (χ3n) is 3.95. The SMILES string of the molecule is CCNC(=NCCOCC(C)C)NC1CCN(c2cccs2)CC1. The van der Waals surface area contributed by atoms with Crippen LogP contribution in [0.1, 0.15) is 33.6 Å². The molecule has 2 N–H and O–H groups in total. The summed E-state index contributed by atoms with van der Waals surface area (Å²) in [6.45, 7) is 11.7. The first-order valence-corrected chi connectivity index (χ1v) is 9.98. The zero-order chi connectivity index (χ0) is 17.2. The van der Waals surface area contributed by atoms with E-state index in [0.29, 0.717) is 25.1 Å². The van der Waals surface area contributed by atoms with Gasteiger partial charge in [0.2, 0.25) is 0 Å². The van der Waals surface area contributed by atoms with Crippen molar-refractivity contribution >= 4 is 22.3 Å². The first-order valence-electron chi connectivity index (χ1n) is 9.10. The molecule has 24 heavy (non-hydrogen) atoms. The largest absolute Gasteiger partial charge is 0.379 e. The average molecular weight is 353 g/mol. The molecular formula is C18H32N4OS. The monoisotopic (exact) mass is 352 g/mol. The summed E-state index contributed by atoms with van der Waals surface area (Å²) >= 11 is 1.83. The van der Waals surface area contributed by atoms with Gasteiger partial charge < -0.3 is 20.3 Å². The molecule has 0 saturated carbocycles. The lowest BCUT2D eigenvalue weighted by molar-refractivity contribution is 0.117. The molecule has 5 nitrogen and oxygen atoms in total. The summed E-state index contributed by atoms with van der Waals surface area (Å²) in [6, 6.07) is 4.83. The summed E-state index contributed by atoms with van der Waals surface area (Å²) in [5.41, 5.74) is 0. The maximum absolute atomic E-state index is 5.60. The molecule has 0 unspecified atom stereocenters. The van der Waals surface area contributed by atoms with E-state index in [1.54, 1.807) is 0 Å². The molecule has 0 atom stereocenters. The van der Waals surface area contributed by atoms with E-state index >= 15 is 0 Å². The van der Waals surface area contributed by atoms with Crippen molar-refractivity contribution in [1.82, 2.24) is 10.6 Å². The Hall–Kier alpha value is -1.27. The third kappa shape index (κ3) is 6.69. The van der Waals surface area contributed by atoms with Gasteiger partial charge in [0.15, 0.2) is 5.96 Å². The Morgan fingerprint density at radius 2 is 2.21 bits per heavy atom. The van der Waals surface area contributed by atoms with E-state index in [9.17, 15) is 0 Å². The first-order chi connectivity index (χ1) is 11.7. The molecule has 6 heteroatoms. The molecule has 0 radical (unpaired) electrons. The van der Waals surface area contributed by atoms with Crippen LogP contribution in [0.25, 0.3) is 0 Å². The van der Waals surface area contributed by atoms with Gasteiger partial charge in [0.05, 0.1) is 18.2 Å². The molecule has 1 aromatic heterocycles. The van der Waals surface area contributed by atoms with Gasteiger partial charge in [-0.25, -0.2) is 0 Å². The van der Waals surface area contributed by atoms with Crippen LogP contribution in [-0.4, -0.2) is 51.4 Å². The number of aliphatic imine (C=N–C) groups is 1. The van der Waals surface area contributed by atoms with Crippen molar-refractivity contribution in [2.75, 3.05) is 44.3 Å². The van der Waals surface area contributed by atoms with Gasteiger partial charge in [-0.2, -0.15) is 0 Å². The van der Waals surface area contributed by atoms with Gasteiger partial charge in [0.25, 0.3) is 0 Å². The molecule has 1 fully saturated rings. The Bertz CT molecular complexity index is 467. The topological polar surface area (TPSA) is 48.9 Å². The number of ether oxygens (including phenoxy) is 1. The normalized spacial score (nSPS) is 16.7. The molecule has 0 aromatic carbocycles. The highest BCUT2D eigenvalue weighted by Gasteiger charge is 2.20. The Kier molecular flexibility index (Phi) is 8.39. The van der Waals surface area contributed by atoms with E-state index in [-0.39, 0.29) is 0 Å². The molecule has 0 aliphatic carbocycles. The van der Waals surface area contributed by atoms with Gasteiger partial charge >= 0.3 is 0 Å². The number of nitrogens with one attached hydrogen (secondary N) is 2. The second kappa shape index (κ2) is 10.6. The minimum atomic E-state index is 0.496. The number of rotatable bonds is 8. The van der Waals surface area contributed by atoms with Crippen LogP contribution in [0, 0.1) is 5.92 Å². The van der Waals surface area contributed by atoms with Crippen LogP contribution < -0.4 is 15.5 Å². The van der Waals surface area contributed by atoms with Gasteiger partial charge in [-0.05, 0) is 43.2 Å². The number of hydrogen-bond donors (Lipinski definition) is 2. The summed E-state index contributed by atoms with van der Waals surface area (Å²) in [5, 5.41) is 10.5. The molecule has 1 aliphatic heterocycles. The van der Waals surface area contributed by atoms with Crippen LogP contribution >= 0.6 is 11.3 Å². The lowest BCUT2D eigenvalue weighted by Crippen LogP contribution is -2.48. The molecule has 2 heterocycles. The highest BCUT2D eigenvalue weighted by Crippen LogP contribution is 2.24. The summed E-state index contributed by atoms with van der Waals surface area (Å²) in [4.78, 5) is 7.11. The minimum Gasteiger partial charge on any atom is -0.379 e. The smallest absolute Gasteiger partial charge is 0.191 e. The summed E-state index contributed by atoms with van der Waals surface area (Å²) < 4.78 is 5.60. The zero-order valence-electron chi connectivity index (χ0n) is 15.3.